The number of carbonyl (C=O) groups excluding carboxylic acids is 3. The molecule has 0 aromatic heterocycles. The van der Waals surface area contributed by atoms with Gasteiger partial charge in [0.25, 0.3) is 0 Å². The van der Waals surface area contributed by atoms with Crippen LogP contribution in [-0.4, -0.2) is 38.5 Å². The molecule has 0 saturated heterocycles. The van der Waals surface area contributed by atoms with E-state index in [9.17, 15) is 14.4 Å². The van der Waals surface area contributed by atoms with Crippen molar-refractivity contribution >= 4 is 17.7 Å². The summed E-state index contributed by atoms with van der Waals surface area (Å²) in [6.07, 6.45) is 1.17. The molecule has 0 bridgehead atoms. The first-order valence-electron chi connectivity index (χ1n) is 10.5. The van der Waals surface area contributed by atoms with E-state index in [1.54, 1.807) is 20.1 Å². The summed E-state index contributed by atoms with van der Waals surface area (Å²) in [5.74, 6) is -2.70. The highest BCUT2D eigenvalue weighted by Crippen LogP contribution is 2.47. The Labute approximate surface area is 182 Å². The van der Waals surface area contributed by atoms with Gasteiger partial charge in [-0.15, -0.1) is 0 Å². The molecule has 0 radical (unpaired) electrons. The molecule has 7 nitrogen and oxygen atoms in total. The van der Waals surface area contributed by atoms with Gasteiger partial charge in [0.2, 0.25) is 0 Å². The molecular formula is C24H29NO6. The maximum Gasteiger partial charge on any atom is 0.336 e. The van der Waals surface area contributed by atoms with Gasteiger partial charge in [0.05, 0.1) is 32.3 Å². The highest BCUT2D eigenvalue weighted by molar-refractivity contribution is 6.12. The van der Waals surface area contributed by atoms with Crippen molar-refractivity contribution in [3.8, 4) is 5.75 Å². The molecule has 166 valence electrons. The largest absolute Gasteiger partial charge is 0.496 e. The van der Waals surface area contributed by atoms with E-state index < -0.39 is 23.8 Å². The van der Waals surface area contributed by atoms with Crippen LogP contribution in [0.1, 0.15) is 45.1 Å². The molecule has 0 unspecified atom stereocenters. The van der Waals surface area contributed by atoms with E-state index in [1.165, 1.54) is 7.11 Å². The van der Waals surface area contributed by atoms with Crippen molar-refractivity contribution < 1.29 is 28.6 Å². The van der Waals surface area contributed by atoms with Crippen molar-refractivity contribution in [2.45, 2.75) is 39.5 Å². The van der Waals surface area contributed by atoms with E-state index in [4.69, 9.17) is 14.2 Å². The third kappa shape index (κ3) is 4.09. The molecule has 3 atom stereocenters. The van der Waals surface area contributed by atoms with Crippen LogP contribution in [0.2, 0.25) is 0 Å². The predicted molar refractivity (Wildman–Crippen MR) is 114 cm³/mol. The molecule has 3 rings (SSSR count). The Morgan fingerprint density at radius 3 is 2.55 bits per heavy atom. The maximum atomic E-state index is 13.6. The van der Waals surface area contributed by atoms with Gasteiger partial charge in [-0.25, -0.2) is 4.79 Å². The molecule has 1 aliphatic carbocycles. The van der Waals surface area contributed by atoms with Crippen LogP contribution >= 0.6 is 0 Å². The number of carbonyl (C=O) groups is 3. The van der Waals surface area contributed by atoms with Gasteiger partial charge in [0.1, 0.15) is 11.7 Å². The number of ether oxygens (including phenoxy) is 3. The fourth-order valence-corrected chi connectivity index (χ4v) is 4.44. The van der Waals surface area contributed by atoms with Gasteiger partial charge in [-0.05, 0) is 31.7 Å². The number of hydrogen-bond donors (Lipinski definition) is 1. The monoisotopic (exact) mass is 427 g/mol. The quantitative estimate of drug-likeness (QED) is 0.550. The van der Waals surface area contributed by atoms with Gasteiger partial charge in [-0.3, -0.25) is 9.59 Å². The summed E-state index contributed by atoms with van der Waals surface area (Å²) < 4.78 is 15.9. The number of ketones is 1. The van der Waals surface area contributed by atoms with Crippen molar-refractivity contribution in [3.63, 3.8) is 0 Å². The predicted octanol–water partition coefficient (Wildman–Crippen LogP) is 3.26. The van der Waals surface area contributed by atoms with Gasteiger partial charge in [-0.2, -0.15) is 0 Å². The minimum absolute atomic E-state index is 0.231. The van der Waals surface area contributed by atoms with E-state index in [1.807, 2.05) is 32.0 Å². The van der Waals surface area contributed by atoms with Crippen molar-refractivity contribution in [2.24, 2.45) is 11.8 Å². The normalized spacial score (nSPS) is 23.1. The number of esters is 2. The summed E-state index contributed by atoms with van der Waals surface area (Å²) in [7, 11) is 2.82. The summed E-state index contributed by atoms with van der Waals surface area (Å²) in [5, 5.41) is 3.25. The molecule has 0 fully saturated rings. The highest BCUT2D eigenvalue weighted by Gasteiger charge is 2.47. The first kappa shape index (κ1) is 22.6. The van der Waals surface area contributed by atoms with Crippen LogP contribution in [0.15, 0.2) is 46.8 Å². The molecule has 1 heterocycles. The smallest absolute Gasteiger partial charge is 0.336 e. The van der Waals surface area contributed by atoms with Crippen molar-refractivity contribution in [1.29, 1.82) is 0 Å². The Balaban J connectivity index is 2.20. The first-order chi connectivity index (χ1) is 14.8. The van der Waals surface area contributed by atoms with Crippen LogP contribution in [0.5, 0.6) is 5.75 Å². The van der Waals surface area contributed by atoms with E-state index >= 15 is 0 Å². The molecule has 0 spiro atoms. The van der Waals surface area contributed by atoms with Crippen LogP contribution in [0.25, 0.3) is 0 Å². The third-order valence-electron chi connectivity index (χ3n) is 5.85. The molecule has 7 heteroatoms. The van der Waals surface area contributed by atoms with Crippen molar-refractivity contribution in [1.82, 2.24) is 5.32 Å². The second-order valence-corrected chi connectivity index (χ2v) is 7.91. The molecular weight excluding hydrogens is 398 g/mol. The Kier molecular flexibility index (Phi) is 6.83. The maximum absolute atomic E-state index is 13.6. The molecule has 0 saturated carbocycles. The lowest BCUT2D eigenvalue weighted by Gasteiger charge is -2.38. The summed E-state index contributed by atoms with van der Waals surface area (Å²) in [5.41, 5.74) is 2.77. The standard InChI is InChI=1S/C24H29NO6/c1-6-11-31-24(28)19-14(3)25-16-12-13(2)18(23(27)30-5)22(26)21(16)20(19)15-9-7-8-10-17(15)29-4/h7-10,13,18,20,25H,6,11-12H2,1-5H3/t13-,18-,20-/m1/s1. The average molecular weight is 427 g/mol. The Bertz CT molecular complexity index is 961. The Morgan fingerprint density at radius 2 is 1.90 bits per heavy atom. The number of methoxy groups -OCH3 is 2. The SMILES string of the molecule is CCCOC(=O)C1=C(C)NC2=C(C(=O)[C@H](C(=O)OC)[C@H](C)C2)[C@@H]1c1ccccc1OC. The number of para-hydroxylation sites is 1. The highest BCUT2D eigenvalue weighted by atomic mass is 16.5. The summed E-state index contributed by atoms with van der Waals surface area (Å²) in [6.45, 7) is 5.85. The molecule has 1 N–H and O–H groups in total. The summed E-state index contributed by atoms with van der Waals surface area (Å²) >= 11 is 0. The van der Waals surface area contributed by atoms with Crippen LogP contribution in [0, 0.1) is 11.8 Å². The molecule has 1 aromatic rings. The number of benzene rings is 1. The molecule has 1 aromatic carbocycles. The van der Waals surface area contributed by atoms with Crippen LogP contribution in [0.4, 0.5) is 0 Å². The second kappa shape index (κ2) is 9.37. The van der Waals surface area contributed by atoms with E-state index in [0.29, 0.717) is 41.0 Å². The van der Waals surface area contributed by atoms with Crippen LogP contribution in [-0.2, 0) is 23.9 Å². The number of nitrogens with one attached hydrogen (secondary N) is 1. The van der Waals surface area contributed by atoms with Gasteiger partial charge in [0, 0.05) is 22.5 Å². The lowest BCUT2D eigenvalue weighted by atomic mass is 9.69. The van der Waals surface area contributed by atoms with E-state index in [0.717, 1.165) is 5.70 Å². The topological polar surface area (TPSA) is 90.9 Å². The lowest BCUT2D eigenvalue weighted by Crippen LogP contribution is -2.43. The number of rotatable bonds is 6. The van der Waals surface area contributed by atoms with E-state index in [2.05, 4.69) is 5.32 Å². The van der Waals surface area contributed by atoms with E-state index in [-0.39, 0.29) is 18.3 Å². The number of allylic oxidation sites excluding steroid dienone is 3. The number of Topliss-reactive ketones (excluding diaryl/α,β-unsaturated/α-hetero) is 1. The molecule has 1 aliphatic heterocycles. The minimum atomic E-state index is -0.922. The minimum Gasteiger partial charge on any atom is -0.496 e. The summed E-state index contributed by atoms with van der Waals surface area (Å²) in [4.78, 5) is 39.1. The fraction of sp³-hybridized carbons (Fsp3) is 0.458. The molecule has 31 heavy (non-hydrogen) atoms. The summed E-state index contributed by atoms with van der Waals surface area (Å²) in [6, 6.07) is 7.28. The van der Waals surface area contributed by atoms with Gasteiger partial charge in [0.15, 0.2) is 5.78 Å². The van der Waals surface area contributed by atoms with Gasteiger partial charge in [-0.1, -0.05) is 32.0 Å². The zero-order valence-corrected chi connectivity index (χ0v) is 18.6. The number of dihydropyridines is 1. The lowest BCUT2D eigenvalue weighted by molar-refractivity contribution is -0.151. The van der Waals surface area contributed by atoms with Crippen LogP contribution in [0.3, 0.4) is 0 Å². The van der Waals surface area contributed by atoms with Crippen LogP contribution < -0.4 is 10.1 Å². The number of hydrogen-bond acceptors (Lipinski definition) is 7. The second-order valence-electron chi connectivity index (χ2n) is 7.91. The van der Waals surface area contributed by atoms with Crippen molar-refractivity contribution in [2.75, 3.05) is 20.8 Å². The Morgan fingerprint density at radius 1 is 1.19 bits per heavy atom. The van der Waals surface area contributed by atoms with Gasteiger partial charge < -0.3 is 19.5 Å². The molecule has 2 aliphatic rings. The Hall–Kier alpha value is -3.09. The first-order valence-corrected chi connectivity index (χ1v) is 10.5. The zero-order chi connectivity index (χ0) is 22.7. The average Bonchev–Trinajstić information content (AvgIpc) is 2.76. The molecule has 0 amide bonds. The third-order valence-corrected chi connectivity index (χ3v) is 5.85. The van der Waals surface area contributed by atoms with Crippen molar-refractivity contribution in [3.05, 3.63) is 52.4 Å². The zero-order valence-electron chi connectivity index (χ0n) is 18.6. The fourth-order valence-electron chi connectivity index (χ4n) is 4.44. The van der Waals surface area contributed by atoms with Gasteiger partial charge >= 0.3 is 11.9 Å².